The molecule has 3 rings (SSSR count). The van der Waals surface area contributed by atoms with Gasteiger partial charge in [0.2, 0.25) is 0 Å². The van der Waals surface area contributed by atoms with E-state index in [1.807, 2.05) is 30.3 Å². The maximum atomic E-state index is 11.1. The van der Waals surface area contributed by atoms with Crippen molar-refractivity contribution in [2.24, 2.45) is 0 Å². The average molecular weight is 284 g/mol. The lowest BCUT2D eigenvalue weighted by Gasteiger charge is -2.09. The number of fused-ring (bicyclic) bond motifs is 1. The lowest BCUT2D eigenvalue weighted by molar-refractivity contribution is 0.112. The molecule has 1 aromatic heterocycles. The van der Waals surface area contributed by atoms with Crippen molar-refractivity contribution in [3.8, 4) is 11.5 Å². The summed E-state index contributed by atoms with van der Waals surface area (Å²) in [6.45, 7) is 0. The number of aromatic nitrogens is 1. The van der Waals surface area contributed by atoms with Crippen LogP contribution in [0.25, 0.3) is 10.9 Å². The van der Waals surface area contributed by atoms with Crippen LogP contribution in [0.5, 0.6) is 11.5 Å². The molecule has 3 aromatic rings. The van der Waals surface area contributed by atoms with Gasteiger partial charge in [0, 0.05) is 17.6 Å². The molecule has 0 atom stereocenters. The Bertz CT molecular complexity index is 786. The second-order valence-corrected chi connectivity index (χ2v) is 4.64. The summed E-state index contributed by atoms with van der Waals surface area (Å²) in [5.74, 6) is 1.05. The molecule has 0 aliphatic heterocycles. The van der Waals surface area contributed by atoms with E-state index in [2.05, 4.69) is 4.98 Å². The quantitative estimate of drug-likeness (QED) is 0.665. The summed E-state index contributed by atoms with van der Waals surface area (Å²) in [6.07, 6.45) is 2.42. The first-order chi connectivity index (χ1) is 9.78. The first-order valence-electron chi connectivity index (χ1n) is 6.04. The number of pyridine rings is 1. The van der Waals surface area contributed by atoms with Gasteiger partial charge >= 0.3 is 0 Å². The Morgan fingerprint density at radius 3 is 2.85 bits per heavy atom. The molecule has 0 saturated heterocycles. The molecule has 0 N–H and O–H groups in total. The van der Waals surface area contributed by atoms with Crippen molar-refractivity contribution in [2.75, 3.05) is 0 Å². The van der Waals surface area contributed by atoms with Gasteiger partial charge in [-0.25, -0.2) is 0 Å². The summed E-state index contributed by atoms with van der Waals surface area (Å²) in [5.41, 5.74) is 1.18. The summed E-state index contributed by atoms with van der Waals surface area (Å²) in [6, 6.07) is 14.5. The predicted molar refractivity (Wildman–Crippen MR) is 78.7 cm³/mol. The molecular formula is C16H10ClNO2. The Hall–Kier alpha value is -2.39. The maximum absolute atomic E-state index is 11.1. The van der Waals surface area contributed by atoms with Crippen LogP contribution < -0.4 is 4.74 Å². The van der Waals surface area contributed by atoms with E-state index in [-0.39, 0.29) is 0 Å². The van der Waals surface area contributed by atoms with E-state index < -0.39 is 0 Å². The molecule has 0 radical (unpaired) electrons. The van der Waals surface area contributed by atoms with Crippen molar-refractivity contribution >= 4 is 28.8 Å². The van der Waals surface area contributed by atoms with Gasteiger partial charge in [0.05, 0.1) is 16.1 Å². The minimum absolute atomic E-state index is 0.343. The highest BCUT2D eigenvalue weighted by molar-refractivity contribution is 6.33. The smallest absolute Gasteiger partial charge is 0.155 e. The number of hydrogen-bond acceptors (Lipinski definition) is 3. The number of carbonyl (C=O) groups is 1. The van der Waals surface area contributed by atoms with Gasteiger partial charge in [-0.3, -0.25) is 9.78 Å². The summed E-state index contributed by atoms with van der Waals surface area (Å²) in [5, 5.41) is 1.40. The predicted octanol–water partition coefficient (Wildman–Crippen LogP) is 4.49. The fourth-order valence-electron chi connectivity index (χ4n) is 1.96. The van der Waals surface area contributed by atoms with Crippen LogP contribution in [0.3, 0.4) is 0 Å². The fraction of sp³-hybridized carbons (Fsp3) is 0. The lowest BCUT2D eigenvalue weighted by atomic mass is 10.2. The normalized spacial score (nSPS) is 10.4. The number of aldehydes is 1. The maximum Gasteiger partial charge on any atom is 0.155 e. The molecular weight excluding hydrogens is 274 g/mol. The summed E-state index contributed by atoms with van der Waals surface area (Å²) >= 11 is 5.97. The second kappa shape index (κ2) is 5.31. The van der Waals surface area contributed by atoms with Crippen LogP contribution in [0.1, 0.15) is 10.4 Å². The highest BCUT2D eigenvalue weighted by Crippen LogP contribution is 2.30. The fourth-order valence-corrected chi connectivity index (χ4v) is 2.17. The monoisotopic (exact) mass is 283 g/mol. The van der Waals surface area contributed by atoms with Crippen LogP contribution in [0, 0.1) is 0 Å². The minimum Gasteiger partial charge on any atom is -0.456 e. The van der Waals surface area contributed by atoms with E-state index >= 15 is 0 Å². The van der Waals surface area contributed by atoms with Gasteiger partial charge in [-0.15, -0.1) is 0 Å². The largest absolute Gasteiger partial charge is 0.456 e. The van der Waals surface area contributed by atoms with E-state index in [1.165, 1.54) is 0 Å². The molecule has 2 aromatic carbocycles. The SMILES string of the molecule is O=Cc1c(Cl)cccc1Oc1ccc2cccnc2c1. The Kier molecular flexibility index (Phi) is 3.35. The molecule has 0 fully saturated rings. The van der Waals surface area contributed by atoms with E-state index in [0.717, 1.165) is 10.9 Å². The first kappa shape index (κ1) is 12.6. The summed E-state index contributed by atoms with van der Waals surface area (Å²) < 4.78 is 5.73. The second-order valence-electron chi connectivity index (χ2n) is 4.23. The van der Waals surface area contributed by atoms with Crippen molar-refractivity contribution in [2.45, 2.75) is 0 Å². The molecule has 0 unspecified atom stereocenters. The third-order valence-electron chi connectivity index (χ3n) is 2.94. The van der Waals surface area contributed by atoms with E-state index in [9.17, 15) is 4.79 Å². The molecule has 0 amide bonds. The zero-order valence-electron chi connectivity index (χ0n) is 10.4. The highest BCUT2D eigenvalue weighted by atomic mass is 35.5. The van der Waals surface area contributed by atoms with Gasteiger partial charge in [-0.1, -0.05) is 23.7 Å². The van der Waals surface area contributed by atoms with Gasteiger partial charge in [0.15, 0.2) is 6.29 Å². The molecule has 0 bridgehead atoms. The van der Waals surface area contributed by atoms with Crippen LogP contribution in [0.4, 0.5) is 0 Å². The Morgan fingerprint density at radius 1 is 1.10 bits per heavy atom. The molecule has 4 heteroatoms. The number of halogens is 1. The molecule has 0 aliphatic carbocycles. The molecule has 0 aliphatic rings. The van der Waals surface area contributed by atoms with Crippen LogP contribution in [-0.4, -0.2) is 11.3 Å². The third kappa shape index (κ3) is 2.36. The Labute approximate surface area is 120 Å². The third-order valence-corrected chi connectivity index (χ3v) is 3.27. The van der Waals surface area contributed by atoms with Crippen molar-refractivity contribution < 1.29 is 9.53 Å². The molecule has 0 spiro atoms. The summed E-state index contributed by atoms with van der Waals surface area (Å²) in [7, 11) is 0. The minimum atomic E-state index is 0.343. The molecule has 3 nitrogen and oxygen atoms in total. The van der Waals surface area contributed by atoms with E-state index in [4.69, 9.17) is 16.3 Å². The van der Waals surface area contributed by atoms with Gasteiger partial charge in [0.25, 0.3) is 0 Å². The van der Waals surface area contributed by atoms with Crippen molar-refractivity contribution in [1.82, 2.24) is 4.98 Å². The van der Waals surface area contributed by atoms with Crippen molar-refractivity contribution in [3.63, 3.8) is 0 Å². The zero-order chi connectivity index (χ0) is 13.9. The molecule has 98 valence electrons. The standard InChI is InChI=1S/C16H10ClNO2/c17-14-4-1-5-16(13(14)10-19)20-12-7-6-11-3-2-8-18-15(11)9-12/h1-10H. The number of rotatable bonds is 3. The van der Waals surface area contributed by atoms with Gasteiger partial charge in [0.1, 0.15) is 11.5 Å². The average Bonchev–Trinajstić information content (AvgIpc) is 2.47. The lowest BCUT2D eigenvalue weighted by Crippen LogP contribution is -1.91. The van der Waals surface area contributed by atoms with Crippen LogP contribution >= 0.6 is 11.6 Å². The van der Waals surface area contributed by atoms with Crippen molar-refractivity contribution in [3.05, 3.63) is 65.3 Å². The van der Waals surface area contributed by atoms with Gasteiger partial charge in [-0.05, 0) is 30.3 Å². The van der Waals surface area contributed by atoms with Crippen LogP contribution in [-0.2, 0) is 0 Å². The van der Waals surface area contributed by atoms with E-state index in [0.29, 0.717) is 28.4 Å². The number of carbonyl (C=O) groups excluding carboxylic acids is 1. The molecule has 0 saturated carbocycles. The van der Waals surface area contributed by atoms with Crippen LogP contribution in [0.2, 0.25) is 5.02 Å². The van der Waals surface area contributed by atoms with Gasteiger partial charge < -0.3 is 4.74 Å². The zero-order valence-corrected chi connectivity index (χ0v) is 11.2. The number of benzene rings is 2. The van der Waals surface area contributed by atoms with E-state index in [1.54, 1.807) is 24.4 Å². The first-order valence-corrected chi connectivity index (χ1v) is 6.42. The van der Waals surface area contributed by atoms with Crippen LogP contribution in [0.15, 0.2) is 54.7 Å². The van der Waals surface area contributed by atoms with Crippen molar-refractivity contribution in [1.29, 1.82) is 0 Å². The Balaban J connectivity index is 2.01. The molecule has 20 heavy (non-hydrogen) atoms. The molecule has 1 heterocycles. The topological polar surface area (TPSA) is 39.2 Å². The Morgan fingerprint density at radius 2 is 2.00 bits per heavy atom. The number of hydrogen-bond donors (Lipinski definition) is 0. The number of ether oxygens (including phenoxy) is 1. The summed E-state index contributed by atoms with van der Waals surface area (Å²) in [4.78, 5) is 15.3. The number of nitrogens with zero attached hydrogens (tertiary/aromatic N) is 1. The highest BCUT2D eigenvalue weighted by Gasteiger charge is 2.08. The van der Waals surface area contributed by atoms with Gasteiger partial charge in [-0.2, -0.15) is 0 Å².